The predicted octanol–water partition coefficient (Wildman–Crippen LogP) is 2.49. The molecule has 1 aromatic carbocycles. The summed E-state index contributed by atoms with van der Waals surface area (Å²) < 4.78 is 0. The number of carbonyl (C=O) groups is 1. The summed E-state index contributed by atoms with van der Waals surface area (Å²) in [6, 6.07) is 10.3. The first-order valence-corrected chi connectivity index (χ1v) is 5.91. The second kappa shape index (κ2) is 7.49. The normalized spacial score (nSPS) is 11.6. The van der Waals surface area contributed by atoms with E-state index in [-0.39, 0.29) is 12.1 Å². The van der Waals surface area contributed by atoms with Crippen molar-refractivity contribution in [1.82, 2.24) is 10.6 Å². The Hall–Kier alpha value is -1.77. The Morgan fingerprint density at radius 3 is 2.76 bits per heavy atom. The Morgan fingerprint density at radius 2 is 2.12 bits per heavy atom. The highest BCUT2D eigenvalue weighted by Crippen LogP contribution is 2.04. The molecule has 3 heteroatoms. The second-order valence-electron chi connectivity index (χ2n) is 4.07. The topological polar surface area (TPSA) is 41.1 Å². The van der Waals surface area contributed by atoms with Gasteiger partial charge in [0.15, 0.2) is 0 Å². The molecular weight excluding hydrogens is 212 g/mol. The quantitative estimate of drug-likeness (QED) is 0.727. The van der Waals surface area contributed by atoms with E-state index >= 15 is 0 Å². The van der Waals surface area contributed by atoms with Crippen LogP contribution in [0.4, 0.5) is 4.79 Å². The van der Waals surface area contributed by atoms with Gasteiger partial charge in [0.05, 0.1) is 0 Å². The van der Waals surface area contributed by atoms with E-state index in [9.17, 15) is 4.79 Å². The van der Waals surface area contributed by atoms with Gasteiger partial charge in [-0.25, -0.2) is 4.79 Å². The van der Waals surface area contributed by atoms with Crippen LogP contribution in [0.2, 0.25) is 0 Å². The van der Waals surface area contributed by atoms with E-state index in [4.69, 9.17) is 0 Å². The van der Waals surface area contributed by atoms with E-state index in [2.05, 4.69) is 29.3 Å². The first kappa shape index (κ1) is 13.3. The van der Waals surface area contributed by atoms with E-state index in [1.807, 2.05) is 25.1 Å². The van der Waals surface area contributed by atoms with Crippen molar-refractivity contribution in [3.05, 3.63) is 48.6 Å². The summed E-state index contributed by atoms with van der Waals surface area (Å²) >= 11 is 0. The zero-order valence-corrected chi connectivity index (χ0v) is 10.3. The van der Waals surface area contributed by atoms with E-state index in [1.165, 1.54) is 5.56 Å². The highest BCUT2D eigenvalue weighted by atomic mass is 16.2. The molecule has 1 unspecified atom stereocenters. The van der Waals surface area contributed by atoms with Crippen molar-refractivity contribution in [3.8, 4) is 0 Å². The summed E-state index contributed by atoms with van der Waals surface area (Å²) in [5, 5.41) is 5.58. The van der Waals surface area contributed by atoms with Gasteiger partial charge in [0.25, 0.3) is 0 Å². The lowest BCUT2D eigenvalue weighted by atomic mass is 10.1. The molecule has 0 aliphatic heterocycles. The number of hydrogen-bond donors (Lipinski definition) is 2. The van der Waals surface area contributed by atoms with Crippen molar-refractivity contribution < 1.29 is 4.79 Å². The molecule has 0 bridgehead atoms. The Kier molecular flexibility index (Phi) is 5.86. The van der Waals surface area contributed by atoms with Crippen LogP contribution < -0.4 is 10.6 Å². The summed E-state index contributed by atoms with van der Waals surface area (Å²) in [6.07, 6.45) is 3.57. The average molecular weight is 232 g/mol. The molecule has 3 nitrogen and oxygen atoms in total. The molecule has 0 heterocycles. The van der Waals surface area contributed by atoms with Gasteiger partial charge in [0, 0.05) is 12.6 Å². The summed E-state index contributed by atoms with van der Waals surface area (Å²) in [5.74, 6) is 0. The molecule has 1 atom stereocenters. The maximum absolute atomic E-state index is 11.4. The van der Waals surface area contributed by atoms with Gasteiger partial charge in [-0.2, -0.15) is 0 Å². The fraction of sp³-hybridized carbons (Fsp3) is 0.357. The number of amides is 2. The van der Waals surface area contributed by atoms with E-state index < -0.39 is 0 Å². The van der Waals surface area contributed by atoms with Gasteiger partial charge in [-0.1, -0.05) is 36.4 Å². The summed E-state index contributed by atoms with van der Waals surface area (Å²) in [7, 11) is 0. The van der Waals surface area contributed by atoms with Crippen LogP contribution in [-0.2, 0) is 6.42 Å². The molecule has 2 N–H and O–H groups in total. The number of benzene rings is 1. The highest BCUT2D eigenvalue weighted by molar-refractivity contribution is 5.74. The van der Waals surface area contributed by atoms with Crippen molar-refractivity contribution in [2.75, 3.05) is 6.54 Å². The Balaban J connectivity index is 2.23. The van der Waals surface area contributed by atoms with Crippen molar-refractivity contribution in [2.24, 2.45) is 0 Å². The Bertz CT molecular complexity index is 348. The summed E-state index contributed by atoms with van der Waals surface area (Å²) in [5.41, 5.74) is 1.30. The third-order valence-corrected chi connectivity index (χ3v) is 2.49. The summed E-state index contributed by atoms with van der Waals surface area (Å²) in [4.78, 5) is 11.4. The van der Waals surface area contributed by atoms with Crippen LogP contribution in [0.15, 0.2) is 43.0 Å². The molecule has 0 aliphatic rings. The lowest BCUT2D eigenvalue weighted by molar-refractivity contribution is 0.238. The van der Waals surface area contributed by atoms with E-state index in [0.717, 1.165) is 12.8 Å². The van der Waals surface area contributed by atoms with Gasteiger partial charge >= 0.3 is 6.03 Å². The maximum Gasteiger partial charge on any atom is 0.315 e. The summed E-state index contributed by atoms with van der Waals surface area (Å²) in [6.45, 7) is 6.05. The molecule has 2 amide bonds. The van der Waals surface area contributed by atoms with Crippen molar-refractivity contribution in [3.63, 3.8) is 0 Å². The fourth-order valence-electron chi connectivity index (χ4n) is 1.54. The van der Waals surface area contributed by atoms with Gasteiger partial charge in [-0.3, -0.25) is 0 Å². The Morgan fingerprint density at radius 1 is 1.41 bits per heavy atom. The minimum atomic E-state index is -0.134. The highest BCUT2D eigenvalue weighted by Gasteiger charge is 2.05. The molecular formula is C14H20N2O. The van der Waals surface area contributed by atoms with Crippen LogP contribution in [0.5, 0.6) is 0 Å². The smallest absolute Gasteiger partial charge is 0.315 e. The lowest BCUT2D eigenvalue weighted by Crippen LogP contribution is -2.40. The fourth-order valence-corrected chi connectivity index (χ4v) is 1.54. The number of aryl methyl sites for hydroxylation is 1. The maximum atomic E-state index is 11.4. The number of nitrogens with one attached hydrogen (secondary N) is 2. The van der Waals surface area contributed by atoms with Crippen LogP contribution in [0.3, 0.4) is 0 Å². The molecule has 0 aliphatic carbocycles. The van der Waals surface area contributed by atoms with Crippen molar-refractivity contribution >= 4 is 6.03 Å². The SMILES string of the molecule is C=CCNC(=O)NC(C)CCc1ccccc1. The molecule has 0 radical (unpaired) electrons. The molecule has 0 saturated carbocycles. The van der Waals surface area contributed by atoms with Crippen molar-refractivity contribution in [1.29, 1.82) is 0 Å². The number of carbonyl (C=O) groups excluding carboxylic acids is 1. The molecule has 1 aromatic rings. The van der Waals surface area contributed by atoms with Gasteiger partial charge in [-0.05, 0) is 25.3 Å². The Labute approximate surface area is 103 Å². The minimum absolute atomic E-state index is 0.134. The zero-order chi connectivity index (χ0) is 12.5. The predicted molar refractivity (Wildman–Crippen MR) is 71.0 cm³/mol. The van der Waals surface area contributed by atoms with Crippen LogP contribution in [0.25, 0.3) is 0 Å². The number of rotatable bonds is 6. The lowest BCUT2D eigenvalue weighted by Gasteiger charge is -2.14. The minimum Gasteiger partial charge on any atom is -0.336 e. The number of urea groups is 1. The van der Waals surface area contributed by atoms with Crippen LogP contribution in [-0.4, -0.2) is 18.6 Å². The van der Waals surface area contributed by atoms with Gasteiger partial charge in [0.2, 0.25) is 0 Å². The molecule has 92 valence electrons. The van der Waals surface area contributed by atoms with E-state index in [1.54, 1.807) is 6.08 Å². The van der Waals surface area contributed by atoms with Gasteiger partial charge in [-0.15, -0.1) is 6.58 Å². The van der Waals surface area contributed by atoms with Gasteiger partial charge in [0.1, 0.15) is 0 Å². The van der Waals surface area contributed by atoms with E-state index in [0.29, 0.717) is 6.54 Å². The molecule has 0 saturated heterocycles. The standard InChI is InChI=1S/C14H20N2O/c1-3-11-15-14(17)16-12(2)9-10-13-7-5-4-6-8-13/h3-8,12H,1,9-11H2,2H3,(H2,15,16,17). The molecule has 0 fully saturated rings. The first-order valence-electron chi connectivity index (χ1n) is 5.91. The third-order valence-electron chi connectivity index (χ3n) is 2.49. The average Bonchev–Trinajstić information content (AvgIpc) is 2.35. The van der Waals surface area contributed by atoms with Gasteiger partial charge < -0.3 is 10.6 Å². The van der Waals surface area contributed by atoms with Crippen LogP contribution in [0, 0.1) is 0 Å². The molecule has 17 heavy (non-hydrogen) atoms. The molecule has 0 aromatic heterocycles. The molecule has 1 rings (SSSR count). The zero-order valence-electron chi connectivity index (χ0n) is 10.3. The second-order valence-corrected chi connectivity index (χ2v) is 4.07. The first-order chi connectivity index (χ1) is 8.22. The van der Waals surface area contributed by atoms with Crippen LogP contribution >= 0.6 is 0 Å². The third kappa shape index (κ3) is 5.76. The number of hydrogen-bond acceptors (Lipinski definition) is 1. The van der Waals surface area contributed by atoms with Crippen molar-refractivity contribution in [2.45, 2.75) is 25.8 Å². The van der Waals surface area contributed by atoms with Crippen LogP contribution in [0.1, 0.15) is 18.9 Å². The largest absolute Gasteiger partial charge is 0.336 e. The molecule has 0 spiro atoms. The monoisotopic (exact) mass is 232 g/mol.